The summed E-state index contributed by atoms with van der Waals surface area (Å²) >= 11 is 0. The van der Waals surface area contributed by atoms with Crippen molar-refractivity contribution in [3.63, 3.8) is 0 Å². The molecule has 0 bridgehead atoms. The molecule has 0 heterocycles. The van der Waals surface area contributed by atoms with Crippen molar-refractivity contribution in [3.05, 3.63) is 70.8 Å². The van der Waals surface area contributed by atoms with Crippen molar-refractivity contribution in [2.75, 3.05) is 0 Å². The van der Waals surface area contributed by atoms with Gasteiger partial charge in [0.25, 0.3) is 0 Å². The third kappa shape index (κ3) is 3.74. The molecule has 1 heteroatoms. The first kappa shape index (κ1) is 15.8. The lowest BCUT2D eigenvalue weighted by Gasteiger charge is -2.25. The fourth-order valence-electron chi connectivity index (χ4n) is 2.81. The highest BCUT2D eigenvalue weighted by Gasteiger charge is 2.22. The minimum absolute atomic E-state index is 0.0264. The summed E-state index contributed by atoms with van der Waals surface area (Å²) in [6.45, 7) is 8.74. The number of aliphatic hydroxyl groups excluding tert-OH is 1. The highest BCUT2D eigenvalue weighted by Crippen LogP contribution is 2.32. The lowest BCUT2D eigenvalue weighted by Crippen LogP contribution is -2.16. The Hall–Kier alpha value is -1.60. The van der Waals surface area contributed by atoms with Crippen LogP contribution >= 0.6 is 0 Å². The first-order valence-electron chi connectivity index (χ1n) is 7.79. The number of benzene rings is 2. The van der Waals surface area contributed by atoms with E-state index in [0.717, 1.165) is 24.0 Å². The molecule has 0 aromatic heterocycles. The summed E-state index contributed by atoms with van der Waals surface area (Å²) in [7, 11) is 0. The quantitative estimate of drug-likeness (QED) is 0.835. The summed E-state index contributed by atoms with van der Waals surface area (Å²) in [6.07, 6.45) is 1.62. The van der Waals surface area contributed by atoms with Crippen molar-refractivity contribution >= 4 is 0 Å². The molecule has 2 aromatic rings. The Morgan fingerprint density at radius 1 is 1.00 bits per heavy atom. The SMILES string of the molecule is CCCc1cccc(C(O)c2ccccc2C(C)(C)C)c1. The monoisotopic (exact) mass is 282 g/mol. The van der Waals surface area contributed by atoms with E-state index >= 15 is 0 Å². The molecule has 0 saturated carbocycles. The van der Waals surface area contributed by atoms with E-state index in [4.69, 9.17) is 0 Å². The van der Waals surface area contributed by atoms with Gasteiger partial charge in [-0.2, -0.15) is 0 Å². The van der Waals surface area contributed by atoms with Crippen molar-refractivity contribution < 1.29 is 5.11 Å². The molecule has 1 nitrogen and oxygen atoms in total. The zero-order valence-electron chi connectivity index (χ0n) is 13.6. The van der Waals surface area contributed by atoms with Gasteiger partial charge in [0.15, 0.2) is 0 Å². The summed E-state index contributed by atoms with van der Waals surface area (Å²) in [5.74, 6) is 0. The van der Waals surface area contributed by atoms with Crippen LogP contribution in [0.1, 0.15) is 62.5 Å². The maximum absolute atomic E-state index is 10.8. The zero-order chi connectivity index (χ0) is 15.5. The number of hydrogen-bond donors (Lipinski definition) is 1. The van der Waals surface area contributed by atoms with E-state index in [1.807, 2.05) is 30.3 Å². The average Bonchev–Trinajstić information content (AvgIpc) is 2.46. The van der Waals surface area contributed by atoms with Gasteiger partial charge in [0, 0.05) is 0 Å². The smallest absolute Gasteiger partial charge is 0.104 e. The van der Waals surface area contributed by atoms with E-state index in [2.05, 4.69) is 45.9 Å². The molecule has 0 saturated heterocycles. The standard InChI is InChI=1S/C20H26O/c1-5-9-15-10-8-11-16(14-15)19(21)17-12-6-7-13-18(17)20(2,3)4/h6-8,10-14,19,21H,5,9H2,1-4H3. The molecular weight excluding hydrogens is 256 g/mol. The molecule has 112 valence electrons. The van der Waals surface area contributed by atoms with Gasteiger partial charge in [-0.25, -0.2) is 0 Å². The molecule has 2 rings (SSSR count). The van der Waals surface area contributed by atoms with Crippen molar-refractivity contribution in [2.24, 2.45) is 0 Å². The Labute approximate surface area is 128 Å². The van der Waals surface area contributed by atoms with Gasteiger partial charge < -0.3 is 5.11 Å². The van der Waals surface area contributed by atoms with Crippen LogP contribution in [-0.4, -0.2) is 5.11 Å². The van der Waals surface area contributed by atoms with Crippen molar-refractivity contribution in [3.8, 4) is 0 Å². The predicted molar refractivity (Wildman–Crippen MR) is 89.6 cm³/mol. The summed E-state index contributed by atoms with van der Waals surface area (Å²) in [4.78, 5) is 0. The second-order valence-electron chi connectivity index (χ2n) is 6.73. The van der Waals surface area contributed by atoms with Crippen LogP contribution in [-0.2, 0) is 11.8 Å². The Morgan fingerprint density at radius 2 is 1.71 bits per heavy atom. The molecular formula is C20H26O. The number of aryl methyl sites for hydroxylation is 1. The summed E-state index contributed by atoms with van der Waals surface area (Å²) in [5.41, 5.74) is 4.52. The lowest BCUT2D eigenvalue weighted by atomic mass is 9.81. The normalized spacial score (nSPS) is 13.2. The van der Waals surface area contributed by atoms with Gasteiger partial charge in [-0.15, -0.1) is 0 Å². The predicted octanol–water partition coefficient (Wildman–Crippen LogP) is 5.02. The second-order valence-corrected chi connectivity index (χ2v) is 6.73. The van der Waals surface area contributed by atoms with Crippen LogP contribution < -0.4 is 0 Å². The van der Waals surface area contributed by atoms with Gasteiger partial charge in [-0.1, -0.05) is 82.6 Å². The maximum atomic E-state index is 10.8. The molecule has 21 heavy (non-hydrogen) atoms. The van der Waals surface area contributed by atoms with Crippen molar-refractivity contribution in [1.29, 1.82) is 0 Å². The van der Waals surface area contributed by atoms with Gasteiger partial charge in [0.1, 0.15) is 6.10 Å². The van der Waals surface area contributed by atoms with Crippen molar-refractivity contribution in [1.82, 2.24) is 0 Å². The Bertz CT molecular complexity index is 593. The average molecular weight is 282 g/mol. The van der Waals surface area contributed by atoms with Gasteiger partial charge in [0.05, 0.1) is 0 Å². The molecule has 1 atom stereocenters. The summed E-state index contributed by atoms with van der Waals surface area (Å²) in [5, 5.41) is 10.8. The molecule has 2 aromatic carbocycles. The first-order chi connectivity index (χ1) is 9.93. The molecule has 0 aliphatic heterocycles. The molecule has 0 spiro atoms. The second kappa shape index (κ2) is 6.44. The van der Waals surface area contributed by atoms with Crippen LogP contribution in [0.2, 0.25) is 0 Å². The van der Waals surface area contributed by atoms with Gasteiger partial charge in [0.2, 0.25) is 0 Å². The molecule has 0 radical (unpaired) electrons. The Balaban J connectivity index is 2.41. The molecule has 0 amide bonds. The third-order valence-corrected chi connectivity index (χ3v) is 3.87. The van der Waals surface area contributed by atoms with Crippen LogP contribution in [0.4, 0.5) is 0 Å². The molecule has 1 N–H and O–H groups in total. The van der Waals surface area contributed by atoms with Crippen molar-refractivity contribution in [2.45, 2.75) is 52.1 Å². The van der Waals surface area contributed by atoms with E-state index in [9.17, 15) is 5.11 Å². The summed E-state index contributed by atoms with van der Waals surface area (Å²) < 4.78 is 0. The Kier molecular flexibility index (Phi) is 4.84. The summed E-state index contributed by atoms with van der Waals surface area (Å²) in [6, 6.07) is 16.5. The molecule has 0 aliphatic carbocycles. The minimum atomic E-state index is -0.558. The highest BCUT2D eigenvalue weighted by atomic mass is 16.3. The van der Waals surface area contributed by atoms with Crippen LogP contribution in [0, 0.1) is 0 Å². The number of aliphatic hydroxyl groups is 1. The van der Waals surface area contributed by atoms with E-state index < -0.39 is 6.10 Å². The fourth-order valence-corrected chi connectivity index (χ4v) is 2.81. The minimum Gasteiger partial charge on any atom is -0.384 e. The van der Waals surface area contributed by atoms with E-state index in [1.54, 1.807) is 0 Å². The van der Waals surface area contributed by atoms with Gasteiger partial charge in [-0.05, 0) is 34.1 Å². The van der Waals surface area contributed by atoms with Crippen LogP contribution in [0.25, 0.3) is 0 Å². The highest BCUT2D eigenvalue weighted by molar-refractivity contribution is 5.40. The van der Waals surface area contributed by atoms with Gasteiger partial charge >= 0.3 is 0 Å². The third-order valence-electron chi connectivity index (χ3n) is 3.87. The fraction of sp³-hybridized carbons (Fsp3) is 0.400. The van der Waals surface area contributed by atoms with Crippen LogP contribution in [0.15, 0.2) is 48.5 Å². The van der Waals surface area contributed by atoms with Crippen LogP contribution in [0.5, 0.6) is 0 Å². The lowest BCUT2D eigenvalue weighted by molar-refractivity contribution is 0.217. The van der Waals surface area contributed by atoms with Gasteiger partial charge in [-0.3, -0.25) is 0 Å². The molecule has 0 aliphatic rings. The maximum Gasteiger partial charge on any atom is 0.104 e. The Morgan fingerprint density at radius 3 is 2.38 bits per heavy atom. The number of rotatable bonds is 4. The van der Waals surface area contributed by atoms with E-state index in [0.29, 0.717) is 0 Å². The van der Waals surface area contributed by atoms with E-state index in [-0.39, 0.29) is 5.41 Å². The zero-order valence-corrected chi connectivity index (χ0v) is 13.6. The molecule has 0 fully saturated rings. The topological polar surface area (TPSA) is 20.2 Å². The van der Waals surface area contributed by atoms with E-state index in [1.165, 1.54) is 11.1 Å². The molecule has 1 unspecified atom stereocenters. The first-order valence-corrected chi connectivity index (χ1v) is 7.79. The van der Waals surface area contributed by atoms with Crippen LogP contribution in [0.3, 0.4) is 0 Å². The largest absolute Gasteiger partial charge is 0.384 e. The number of hydrogen-bond acceptors (Lipinski definition) is 1.